The first-order chi connectivity index (χ1) is 12.6. The second kappa shape index (κ2) is 9.38. The summed E-state index contributed by atoms with van der Waals surface area (Å²) < 4.78 is 11.7. The molecule has 0 saturated carbocycles. The third kappa shape index (κ3) is 4.78. The van der Waals surface area contributed by atoms with Gasteiger partial charge in [-0.3, -0.25) is 9.48 Å². The van der Waals surface area contributed by atoms with E-state index in [1.54, 1.807) is 18.2 Å². The predicted octanol–water partition coefficient (Wildman–Crippen LogP) is 2.28. The fourth-order valence-corrected chi connectivity index (χ4v) is 2.95. The van der Waals surface area contributed by atoms with Crippen LogP contribution in [0.5, 0.6) is 5.75 Å². The zero-order chi connectivity index (χ0) is 18.5. The molecule has 1 fully saturated rings. The summed E-state index contributed by atoms with van der Waals surface area (Å²) in [6.07, 6.45) is 3.92. The van der Waals surface area contributed by atoms with Crippen molar-refractivity contribution in [3.05, 3.63) is 41.7 Å². The summed E-state index contributed by atoms with van der Waals surface area (Å²) in [6.45, 7) is 1.85. The second-order valence-corrected chi connectivity index (χ2v) is 6.04. The van der Waals surface area contributed by atoms with Gasteiger partial charge in [0.1, 0.15) is 5.75 Å². The number of nitrogens with one attached hydrogen (secondary N) is 2. The Kier molecular flexibility index (Phi) is 7.20. The summed E-state index contributed by atoms with van der Waals surface area (Å²) in [7, 11) is 2.79. The predicted molar refractivity (Wildman–Crippen MR) is 103 cm³/mol. The lowest BCUT2D eigenvalue weighted by Gasteiger charge is -2.22. The van der Waals surface area contributed by atoms with Crippen LogP contribution in [0, 0.1) is 0 Å². The first-order valence-electron chi connectivity index (χ1n) is 8.46. The number of amides is 1. The largest absolute Gasteiger partial charge is 0.497 e. The van der Waals surface area contributed by atoms with E-state index in [-0.39, 0.29) is 29.9 Å². The Labute approximate surface area is 163 Å². The summed E-state index contributed by atoms with van der Waals surface area (Å²) in [6, 6.07) is 6.70. The number of benzene rings is 1. The lowest BCUT2D eigenvalue weighted by Crippen LogP contribution is -2.32. The number of halogens is 1. The number of hydrogen-bond donors (Lipinski definition) is 2. The number of carbonyl (C=O) groups is 2. The van der Waals surface area contributed by atoms with Crippen LogP contribution >= 0.6 is 12.4 Å². The molecule has 2 heterocycles. The Morgan fingerprint density at radius 1 is 1.30 bits per heavy atom. The molecule has 0 aliphatic carbocycles. The molecule has 2 aromatic rings. The lowest BCUT2D eigenvalue weighted by molar-refractivity contribution is 0.0601. The molecule has 0 radical (unpaired) electrons. The Bertz CT molecular complexity index is 802. The molecular weight excluding hydrogens is 372 g/mol. The van der Waals surface area contributed by atoms with E-state index in [0.717, 1.165) is 25.9 Å². The number of hydrogen-bond acceptors (Lipinski definition) is 6. The zero-order valence-electron chi connectivity index (χ0n) is 15.2. The van der Waals surface area contributed by atoms with Crippen molar-refractivity contribution in [3.8, 4) is 5.75 Å². The minimum atomic E-state index is -0.557. The molecular formula is C18H23ClN4O4. The average Bonchev–Trinajstić information content (AvgIpc) is 3.18. The van der Waals surface area contributed by atoms with Gasteiger partial charge in [-0.05, 0) is 43.7 Å². The van der Waals surface area contributed by atoms with Crippen molar-refractivity contribution in [2.75, 3.05) is 32.6 Å². The molecule has 1 aromatic heterocycles. The van der Waals surface area contributed by atoms with Gasteiger partial charge in [0.05, 0.1) is 31.5 Å². The van der Waals surface area contributed by atoms with Crippen molar-refractivity contribution in [1.29, 1.82) is 0 Å². The van der Waals surface area contributed by atoms with Gasteiger partial charge in [0.25, 0.3) is 5.91 Å². The molecule has 27 heavy (non-hydrogen) atoms. The number of carbonyl (C=O) groups excluding carboxylic acids is 2. The molecule has 1 amide bonds. The summed E-state index contributed by atoms with van der Waals surface area (Å²) >= 11 is 0. The molecule has 1 unspecified atom stereocenters. The Morgan fingerprint density at radius 2 is 2.11 bits per heavy atom. The van der Waals surface area contributed by atoms with Crippen molar-refractivity contribution in [1.82, 2.24) is 15.1 Å². The van der Waals surface area contributed by atoms with Crippen LogP contribution in [0.4, 0.5) is 5.69 Å². The fraction of sp³-hybridized carbons (Fsp3) is 0.389. The molecule has 146 valence electrons. The van der Waals surface area contributed by atoms with E-state index in [4.69, 9.17) is 9.47 Å². The summed E-state index contributed by atoms with van der Waals surface area (Å²) in [5.41, 5.74) is 0.856. The molecule has 1 aliphatic rings. The minimum Gasteiger partial charge on any atom is -0.497 e. The van der Waals surface area contributed by atoms with Crippen molar-refractivity contribution in [2.24, 2.45) is 0 Å². The molecule has 1 atom stereocenters. The van der Waals surface area contributed by atoms with Gasteiger partial charge in [0.2, 0.25) is 0 Å². The molecule has 2 N–H and O–H groups in total. The van der Waals surface area contributed by atoms with E-state index in [0.29, 0.717) is 17.1 Å². The molecule has 0 spiro atoms. The van der Waals surface area contributed by atoms with Gasteiger partial charge < -0.3 is 20.1 Å². The van der Waals surface area contributed by atoms with Gasteiger partial charge in [-0.1, -0.05) is 0 Å². The van der Waals surface area contributed by atoms with E-state index in [1.807, 2.05) is 10.9 Å². The van der Waals surface area contributed by atoms with Crippen LogP contribution in [-0.2, 0) is 4.74 Å². The normalized spacial score (nSPS) is 16.1. The van der Waals surface area contributed by atoms with E-state index < -0.39 is 5.97 Å². The number of methoxy groups -OCH3 is 2. The van der Waals surface area contributed by atoms with Crippen molar-refractivity contribution in [3.63, 3.8) is 0 Å². The van der Waals surface area contributed by atoms with Crippen molar-refractivity contribution in [2.45, 2.75) is 18.9 Å². The van der Waals surface area contributed by atoms with Gasteiger partial charge in [-0.2, -0.15) is 5.10 Å². The third-order valence-electron chi connectivity index (χ3n) is 4.37. The molecule has 9 heteroatoms. The highest BCUT2D eigenvalue weighted by molar-refractivity contribution is 6.07. The van der Waals surface area contributed by atoms with Crippen LogP contribution in [0.1, 0.15) is 39.7 Å². The van der Waals surface area contributed by atoms with Gasteiger partial charge in [0.15, 0.2) is 5.69 Å². The molecule has 1 saturated heterocycles. The number of esters is 1. The summed E-state index contributed by atoms with van der Waals surface area (Å²) in [5.74, 6) is -0.446. The van der Waals surface area contributed by atoms with Crippen LogP contribution in [0.25, 0.3) is 0 Å². The SMILES string of the molecule is COC(=O)c1cc(OC)ccc1NC(=O)c1ccn(C2CCCNC2)n1.Cl. The minimum absolute atomic E-state index is 0. The van der Waals surface area contributed by atoms with Crippen LogP contribution < -0.4 is 15.4 Å². The van der Waals surface area contributed by atoms with Crippen LogP contribution in [0.3, 0.4) is 0 Å². The maximum Gasteiger partial charge on any atom is 0.340 e. The molecule has 1 aliphatic heterocycles. The highest BCUT2D eigenvalue weighted by Crippen LogP contribution is 2.23. The molecule has 0 bridgehead atoms. The van der Waals surface area contributed by atoms with E-state index >= 15 is 0 Å². The van der Waals surface area contributed by atoms with Gasteiger partial charge in [0, 0.05) is 12.7 Å². The van der Waals surface area contributed by atoms with Gasteiger partial charge >= 0.3 is 5.97 Å². The van der Waals surface area contributed by atoms with E-state index in [9.17, 15) is 9.59 Å². The Morgan fingerprint density at radius 3 is 2.78 bits per heavy atom. The van der Waals surface area contributed by atoms with Crippen molar-refractivity contribution < 1.29 is 19.1 Å². The second-order valence-electron chi connectivity index (χ2n) is 6.04. The molecule has 3 rings (SSSR count). The average molecular weight is 395 g/mol. The van der Waals surface area contributed by atoms with E-state index in [1.165, 1.54) is 20.3 Å². The molecule has 8 nitrogen and oxygen atoms in total. The Hall–Kier alpha value is -2.58. The maximum atomic E-state index is 12.5. The number of aromatic nitrogens is 2. The lowest BCUT2D eigenvalue weighted by atomic mass is 10.1. The first kappa shape index (κ1) is 20.7. The first-order valence-corrected chi connectivity index (χ1v) is 8.46. The number of ether oxygens (including phenoxy) is 2. The van der Waals surface area contributed by atoms with Crippen LogP contribution in [0.15, 0.2) is 30.5 Å². The van der Waals surface area contributed by atoms with Gasteiger partial charge in [-0.15, -0.1) is 12.4 Å². The van der Waals surface area contributed by atoms with E-state index in [2.05, 4.69) is 15.7 Å². The smallest absolute Gasteiger partial charge is 0.340 e. The third-order valence-corrected chi connectivity index (χ3v) is 4.37. The van der Waals surface area contributed by atoms with Gasteiger partial charge in [-0.25, -0.2) is 4.79 Å². The quantitative estimate of drug-likeness (QED) is 0.755. The topological polar surface area (TPSA) is 94.5 Å². The number of rotatable bonds is 5. The summed E-state index contributed by atoms with van der Waals surface area (Å²) in [4.78, 5) is 24.5. The standard InChI is InChI=1S/C18H22N4O4.ClH/c1-25-13-5-6-15(14(10-13)18(24)26-2)20-17(23)16-7-9-22(21-16)12-4-3-8-19-11-12;/h5-7,9-10,12,19H,3-4,8,11H2,1-2H3,(H,20,23);1H. The number of nitrogens with zero attached hydrogens (tertiary/aromatic N) is 2. The molecule has 1 aromatic carbocycles. The number of piperidine rings is 1. The van der Waals surface area contributed by atoms with Crippen LogP contribution in [-0.4, -0.2) is 49.0 Å². The highest BCUT2D eigenvalue weighted by atomic mass is 35.5. The maximum absolute atomic E-state index is 12.5. The van der Waals surface area contributed by atoms with Crippen molar-refractivity contribution >= 4 is 30.0 Å². The zero-order valence-corrected chi connectivity index (χ0v) is 16.0. The van der Waals surface area contributed by atoms with Crippen LogP contribution in [0.2, 0.25) is 0 Å². The highest BCUT2D eigenvalue weighted by Gasteiger charge is 2.20. The fourth-order valence-electron chi connectivity index (χ4n) is 2.95. The Balaban J connectivity index is 0.00000261. The summed E-state index contributed by atoms with van der Waals surface area (Å²) in [5, 5.41) is 10.4. The number of anilines is 1. The monoisotopic (exact) mass is 394 g/mol.